The largest absolute Gasteiger partial charge is 0.340 e. The van der Waals surface area contributed by atoms with Crippen LogP contribution >= 0.6 is 0 Å². The van der Waals surface area contributed by atoms with Crippen molar-refractivity contribution in [1.82, 2.24) is 5.32 Å². The third-order valence-electron chi connectivity index (χ3n) is 2.48. The Morgan fingerprint density at radius 1 is 1.13 bits per heavy atom. The fraction of sp³-hybridized carbons (Fsp3) is 0.333. The molecule has 1 rings (SSSR count). The van der Waals surface area contributed by atoms with Crippen LogP contribution in [-0.2, 0) is 15.1 Å². The molecular formula is C12H15NO2. The van der Waals surface area contributed by atoms with E-state index in [-0.39, 0.29) is 11.7 Å². The molecule has 1 N–H and O–H groups in total. The number of rotatable bonds is 3. The van der Waals surface area contributed by atoms with Gasteiger partial charge in [-0.3, -0.25) is 9.59 Å². The van der Waals surface area contributed by atoms with Crippen LogP contribution in [0.15, 0.2) is 30.3 Å². The van der Waals surface area contributed by atoms with E-state index >= 15 is 0 Å². The zero-order valence-corrected chi connectivity index (χ0v) is 9.20. The first kappa shape index (κ1) is 11.4. The van der Waals surface area contributed by atoms with Crippen molar-refractivity contribution in [2.75, 3.05) is 0 Å². The predicted octanol–water partition coefficient (Wildman–Crippen LogP) is 1.63. The van der Waals surface area contributed by atoms with Gasteiger partial charge in [0, 0.05) is 6.92 Å². The van der Waals surface area contributed by atoms with Crippen molar-refractivity contribution >= 4 is 11.7 Å². The molecule has 0 aliphatic carbocycles. The molecule has 1 aromatic rings. The Labute approximate surface area is 89.5 Å². The van der Waals surface area contributed by atoms with Crippen LogP contribution in [0, 0.1) is 0 Å². The summed E-state index contributed by atoms with van der Waals surface area (Å²) < 4.78 is 0. The molecule has 0 saturated heterocycles. The highest BCUT2D eigenvalue weighted by molar-refractivity contribution is 5.91. The van der Waals surface area contributed by atoms with Crippen molar-refractivity contribution in [2.45, 2.75) is 26.3 Å². The Balaban J connectivity index is 3.13. The first-order valence-electron chi connectivity index (χ1n) is 4.82. The molecule has 15 heavy (non-hydrogen) atoms. The van der Waals surface area contributed by atoms with Crippen LogP contribution in [0.25, 0.3) is 0 Å². The van der Waals surface area contributed by atoms with Gasteiger partial charge in [0.1, 0.15) is 5.54 Å². The molecule has 1 aromatic carbocycles. The van der Waals surface area contributed by atoms with Gasteiger partial charge in [0.25, 0.3) is 0 Å². The topological polar surface area (TPSA) is 46.2 Å². The zero-order chi connectivity index (χ0) is 11.5. The number of Topliss-reactive ketones (excluding diaryl/α,β-unsaturated/α-hetero) is 1. The number of benzene rings is 1. The highest BCUT2D eigenvalue weighted by atomic mass is 16.2. The van der Waals surface area contributed by atoms with Crippen LogP contribution in [0.5, 0.6) is 0 Å². The Morgan fingerprint density at radius 2 is 1.67 bits per heavy atom. The van der Waals surface area contributed by atoms with E-state index in [0.717, 1.165) is 5.56 Å². The van der Waals surface area contributed by atoms with Crippen LogP contribution in [0.1, 0.15) is 26.3 Å². The molecule has 0 aliphatic heterocycles. The average molecular weight is 205 g/mol. The molecule has 0 bridgehead atoms. The van der Waals surface area contributed by atoms with Crippen LogP contribution in [0.4, 0.5) is 0 Å². The third kappa shape index (κ3) is 2.43. The van der Waals surface area contributed by atoms with Gasteiger partial charge >= 0.3 is 0 Å². The minimum Gasteiger partial charge on any atom is -0.340 e. The van der Waals surface area contributed by atoms with E-state index in [1.54, 1.807) is 6.92 Å². The van der Waals surface area contributed by atoms with Crippen LogP contribution in [0.3, 0.4) is 0 Å². The van der Waals surface area contributed by atoms with Crippen LogP contribution in [-0.4, -0.2) is 11.7 Å². The monoisotopic (exact) mass is 205 g/mol. The van der Waals surface area contributed by atoms with Crippen LogP contribution < -0.4 is 5.32 Å². The van der Waals surface area contributed by atoms with Gasteiger partial charge < -0.3 is 5.32 Å². The molecule has 1 atom stereocenters. The predicted molar refractivity (Wildman–Crippen MR) is 58.3 cm³/mol. The summed E-state index contributed by atoms with van der Waals surface area (Å²) in [5.74, 6) is -0.291. The number of ketones is 1. The van der Waals surface area contributed by atoms with Gasteiger partial charge in [-0.1, -0.05) is 30.3 Å². The fourth-order valence-corrected chi connectivity index (χ4v) is 1.49. The first-order valence-corrected chi connectivity index (χ1v) is 4.82. The lowest BCUT2D eigenvalue weighted by molar-refractivity contribution is -0.129. The summed E-state index contributed by atoms with van der Waals surface area (Å²) in [7, 11) is 0. The number of nitrogens with one attached hydrogen (secondary N) is 1. The van der Waals surface area contributed by atoms with Gasteiger partial charge in [-0.25, -0.2) is 0 Å². The molecule has 1 unspecified atom stereocenters. The molecule has 0 aromatic heterocycles. The van der Waals surface area contributed by atoms with E-state index in [2.05, 4.69) is 5.32 Å². The van der Waals surface area contributed by atoms with Crippen molar-refractivity contribution in [2.24, 2.45) is 0 Å². The molecule has 3 nitrogen and oxygen atoms in total. The number of hydrogen-bond donors (Lipinski definition) is 1. The van der Waals surface area contributed by atoms with E-state index in [4.69, 9.17) is 0 Å². The van der Waals surface area contributed by atoms with Crippen molar-refractivity contribution in [3.63, 3.8) is 0 Å². The second-order valence-electron chi connectivity index (χ2n) is 3.73. The van der Waals surface area contributed by atoms with Gasteiger partial charge in [0.05, 0.1) is 0 Å². The number of amides is 1. The molecule has 0 aliphatic rings. The van der Waals surface area contributed by atoms with Crippen molar-refractivity contribution < 1.29 is 9.59 Å². The SMILES string of the molecule is CC(=O)NC(C)(C(C)=O)c1ccccc1. The summed E-state index contributed by atoms with van der Waals surface area (Å²) in [6.45, 7) is 4.60. The normalized spacial score (nSPS) is 14.1. The molecule has 3 heteroatoms. The van der Waals surface area contributed by atoms with Gasteiger partial charge in [0.15, 0.2) is 5.78 Å². The van der Waals surface area contributed by atoms with E-state index in [1.165, 1.54) is 13.8 Å². The fourth-order valence-electron chi connectivity index (χ4n) is 1.49. The quantitative estimate of drug-likeness (QED) is 0.815. The summed E-state index contributed by atoms with van der Waals surface area (Å²) in [6.07, 6.45) is 0. The number of carbonyl (C=O) groups excluding carboxylic acids is 2. The number of hydrogen-bond acceptors (Lipinski definition) is 2. The highest BCUT2D eigenvalue weighted by Crippen LogP contribution is 2.21. The lowest BCUT2D eigenvalue weighted by Crippen LogP contribution is -2.47. The molecule has 0 heterocycles. The maximum atomic E-state index is 11.6. The molecule has 0 fully saturated rings. The lowest BCUT2D eigenvalue weighted by atomic mass is 9.88. The van der Waals surface area contributed by atoms with Gasteiger partial charge in [-0.2, -0.15) is 0 Å². The van der Waals surface area contributed by atoms with Gasteiger partial charge in [0.2, 0.25) is 5.91 Å². The Kier molecular flexibility index (Phi) is 3.24. The summed E-state index contributed by atoms with van der Waals surface area (Å²) in [5, 5.41) is 2.68. The van der Waals surface area contributed by atoms with E-state index in [0.29, 0.717) is 0 Å². The van der Waals surface area contributed by atoms with Crippen molar-refractivity contribution in [3.05, 3.63) is 35.9 Å². The van der Waals surface area contributed by atoms with Crippen molar-refractivity contribution in [1.29, 1.82) is 0 Å². The second-order valence-corrected chi connectivity index (χ2v) is 3.73. The Morgan fingerprint density at radius 3 is 2.07 bits per heavy atom. The third-order valence-corrected chi connectivity index (χ3v) is 2.48. The molecule has 80 valence electrons. The molecule has 0 radical (unpaired) electrons. The standard InChI is InChI=1S/C12H15NO2/c1-9(14)12(3,13-10(2)15)11-7-5-4-6-8-11/h4-8H,1-3H3,(H,13,15). The summed E-state index contributed by atoms with van der Waals surface area (Å²) >= 11 is 0. The summed E-state index contributed by atoms with van der Waals surface area (Å²) in [6, 6.07) is 9.23. The maximum Gasteiger partial charge on any atom is 0.217 e. The smallest absolute Gasteiger partial charge is 0.217 e. The maximum absolute atomic E-state index is 11.6. The first-order chi connectivity index (χ1) is 6.97. The summed E-state index contributed by atoms with van der Waals surface area (Å²) in [5.41, 5.74) is -0.125. The lowest BCUT2D eigenvalue weighted by Gasteiger charge is -2.28. The average Bonchev–Trinajstić information content (AvgIpc) is 2.17. The van der Waals surface area contributed by atoms with Crippen LogP contribution in [0.2, 0.25) is 0 Å². The van der Waals surface area contributed by atoms with E-state index in [1.807, 2.05) is 30.3 Å². The molecule has 0 saturated carbocycles. The number of carbonyl (C=O) groups is 2. The zero-order valence-electron chi connectivity index (χ0n) is 9.20. The molecular weight excluding hydrogens is 190 g/mol. The van der Waals surface area contributed by atoms with E-state index < -0.39 is 5.54 Å². The summed E-state index contributed by atoms with van der Waals surface area (Å²) in [4.78, 5) is 22.7. The second kappa shape index (κ2) is 4.26. The van der Waals surface area contributed by atoms with Gasteiger partial charge in [-0.05, 0) is 19.4 Å². The minimum absolute atomic E-state index is 0.0797. The van der Waals surface area contributed by atoms with Crippen molar-refractivity contribution in [3.8, 4) is 0 Å². The Hall–Kier alpha value is -1.64. The molecule has 1 amide bonds. The van der Waals surface area contributed by atoms with Gasteiger partial charge in [-0.15, -0.1) is 0 Å². The van der Waals surface area contributed by atoms with E-state index in [9.17, 15) is 9.59 Å². The Bertz CT molecular complexity index is 372. The minimum atomic E-state index is -0.924. The highest BCUT2D eigenvalue weighted by Gasteiger charge is 2.32. The molecule has 0 spiro atoms.